The van der Waals surface area contributed by atoms with Crippen LogP contribution in [0.4, 0.5) is 5.69 Å². The van der Waals surface area contributed by atoms with Crippen molar-refractivity contribution in [3.63, 3.8) is 0 Å². The van der Waals surface area contributed by atoms with Crippen LogP contribution in [0.2, 0.25) is 0 Å². The Bertz CT molecular complexity index is 381. The first kappa shape index (κ1) is 13.5. The number of alkyl halides is 1. The second kappa shape index (κ2) is 6.26. The molecule has 0 bridgehead atoms. The number of anilines is 1. The predicted octanol–water partition coefficient (Wildman–Crippen LogP) is 3.82. The van der Waals surface area contributed by atoms with Crippen LogP contribution in [0.5, 0.6) is 0 Å². The van der Waals surface area contributed by atoms with Crippen molar-refractivity contribution in [3.05, 3.63) is 28.2 Å². The lowest BCUT2D eigenvalue weighted by atomic mass is 10.1. The van der Waals surface area contributed by atoms with Crippen LogP contribution in [0.3, 0.4) is 0 Å². The molecule has 1 N–H and O–H groups in total. The van der Waals surface area contributed by atoms with Gasteiger partial charge in [0.05, 0.1) is 0 Å². The standard InChI is InChI=1S/C12H15BrClNO/c1-3-9-6-10(13)4-5-11(9)15-12(16)8(2)7-14/h4-6,8H,3,7H2,1-2H3,(H,15,16). The Kier molecular flexibility index (Phi) is 5.29. The third kappa shape index (κ3) is 3.49. The monoisotopic (exact) mass is 303 g/mol. The van der Waals surface area contributed by atoms with E-state index in [-0.39, 0.29) is 11.8 Å². The number of rotatable bonds is 4. The average molecular weight is 305 g/mol. The molecule has 1 aromatic carbocycles. The summed E-state index contributed by atoms with van der Waals surface area (Å²) in [4.78, 5) is 11.7. The van der Waals surface area contributed by atoms with Gasteiger partial charge in [-0.1, -0.05) is 29.8 Å². The van der Waals surface area contributed by atoms with Crippen molar-refractivity contribution >= 4 is 39.1 Å². The number of carbonyl (C=O) groups excluding carboxylic acids is 1. The molecule has 1 rings (SSSR count). The summed E-state index contributed by atoms with van der Waals surface area (Å²) in [7, 11) is 0. The van der Waals surface area contributed by atoms with Crippen molar-refractivity contribution in [2.45, 2.75) is 20.3 Å². The molecular formula is C12H15BrClNO. The Morgan fingerprint density at radius 1 is 1.56 bits per heavy atom. The van der Waals surface area contributed by atoms with Crippen LogP contribution in [0.25, 0.3) is 0 Å². The molecule has 0 saturated carbocycles. The lowest BCUT2D eigenvalue weighted by molar-refractivity contribution is -0.118. The van der Waals surface area contributed by atoms with Crippen LogP contribution in [-0.4, -0.2) is 11.8 Å². The van der Waals surface area contributed by atoms with Crippen molar-refractivity contribution in [3.8, 4) is 0 Å². The normalized spacial score (nSPS) is 12.2. The largest absolute Gasteiger partial charge is 0.326 e. The molecular weight excluding hydrogens is 289 g/mol. The maximum Gasteiger partial charge on any atom is 0.228 e. The minimum atomic E-state index is -0.171. The third-order valence-electron chi connectivity index (χ3n) is 2.39. The molecule has 0 aromatic heterocycles. The maximum absolute atomic E-state index is 11.7. The van der Waals surface area contributed by atoms with Gasteiger partial charge in [0.2, 0.25) is 5.91 Å². The topological polar surface area (TPSA) is 29.1 Å². The lowest BCUT2D eigenvalue weighted by Gasteiger charge is -2.12. The van der Waals surface area contributed by atoms with E-state index in [1.807, 2.05) is 25.1 Å². The van der Waals surface area contributed by atoms with Crippen molar-refractivity contribution in [1.82, 2.24) is 0 Å². The fourth-order valence-electron chi connectivity index (χ4n) is 1.30. The van der Waals surface area contributed by atoms with Crippen LogP contribution in [0.15, 0.2) is 22.7 Å². The molecule has 88 valence electrons. The first-order valence-corrected chi connectivity index (χ1v) is 6.56. The van der Waals surface area contributed by atoms with Crippen LogP contribution in [-0.2, 0) is 11.2 Å². The van der Waals surface area contributed by atoms with E-state index in [1.54, 1.807) is 0 Å². The highest BCUT2D eigenvalue weighted by molar-refractivity contribution is 9.10. The number of amides is 1. The second-order valence-corrected chi connectivity index (χ2v) is 4.92. The number of benzene rings is 1. The minimum absolute atomic E-state index is 0.0352. The van der Waals surface area contributed by atoms with Gasteiger partial charge in [-0.05, 0) is 30.2 Å². The zero-order valence-corrected chi connectivity index (χ0v) is 11.7. The Morgan fingerprint density at radius 3 is 2.81 bits per heavy atom. The number of hydrogen-bond acceptors (Lipinski definition) is 1. The summed E-state index contributed by atoms with van der Waals surface area (Å²) in [5.41, 5.74) is 1.98. The highest BCUT2D eigenvalue weighted by Gasteiger charge is 2.12. The Labute approximate surface area is 110 Å². The molecule has 1 unspecified atom stereocenters. The molecule has 0 saturated heterocycles. The van der Waals surface area contributed by atoms with E-state index in [0.717, 1.165) is 22.1 Å². The third-order valence-corrected chi connectivity index (χ3v) is 3.34. The number of aryl methyl sites for hydroxylation is 1. The van der Waals surface area contributed by atoms with E-state index in [1.165, 1.54) is 0 Å². The Morgan fingerprint density at radius 2 is 2.25 bits per heavy atom. The van der Waals surface area contributed by atoms with Gasteiger partial charge in [-0.2, -0.15) is 0 Å². The zero-order valence-electron chi connectivity index (χ0n) is 9.39. The van der Waals surface area contributed by atoms with Gasteiger partial charge in [0.1, 0.15) is 0 Å². The first-order valence-electron chi connectivity index (χ1n) is 5.23. The van der Waals surface area contributed by atoms with E-state index < -0.39 is 0 Å². The van der Waals surface area contributed by atoms with Crippen LogP contribution in [0, 0.1) is 5.92 Å². The fraction of sp³-hybridized carbons (Fsp3) is 0.417. The first-order chi connectivity index (χ1) is 7.58. The summed E-state index contributed by atoms with van der Waals surface area (Å²) < 4.78 is 1.02. The fourth-order valence-corrected chi connectivity index (χ4v) is 1.85. The second-order valence-electron chi connectivity index (χ2n) is 3.70. The predicted molar refractivity (Wildman–Crippen MR) is 72.0 cm³/mol. The molecule has 1 amide bonds. The molecule has 0 heterocycles. The summed E-state index contributed by atoms with van der Waals surface area (Å²) in [6.07, 6.45) is 0.879. The van der Waals surface area contributed by atoms with Gasteiger partial charge in [-0.25, -0.2) is 0 Å². The molecule has 2 nitrogen and oxygen atoms in total. The van der Waals surface area contributed by atoms with E-state index >= 15 is 0 Å². The van der Waals surface area contributed by atoms with Crippen molar-refractivity contribution < 1.29 is 4.79 Å². The molecule has 4 heteroatoms. The lowest BCUT2D eigenvalue weighted by Crippen LogP contribution is -2.22. The van der Waals surface area contributed by atoms with E-state index in [2.05, 4.69) is 28.2 Å². The van der Waals surface area contributed by atoms with Gasteiger partial charge in [0.15, 0.2) is 0 Å². The quantitative estimate of drug-likeness (QED) is 0.842. The van der Waals surface area contributed by atoms with Crippen molar-refractivity contribution in [2.24, 2.45) is 5.92 Å². The van der Waals surface area contributed by atoms with Crippen LogP contribution >= 0.6 is 27.5 Å². The summed E-state index contributed by atoms with van der Waals surface area (Å²) in [6.45, 7) is 3.87. The van der Waals surface area contributed by atoms with Gasteiger partial charge in [-0.3, -0.25) is 4.79 Å². The smallest absolute Gasteiger partial charge is 0.228 e. The molecule has 16 heavy (non-hydrogen) atoms. The molecule has 1 aromatic rings. The zero-order chi connectivity index (χ0) is 12.1. The SMILES string of the molecule is CCc1cc(Br)ccc1NC(=O)C(C)CCl. The molecule has 0 aliphatic rings. The summed E-state index contributed by atoms with van der Waals surface area (Å²) in [5.74, 6) is 0.131. The van der Waals surface area contributed by atoms with Gasteiger partial charge < -0.3 is 5.32 Å². The number of hydrogen-bond donors (Lipinski definition) is 1. The Hall–Kier alpha value is -0.540. The number of carbonyl (C=O) groups is 1. The van der Waals surface area contributed by atoms with Gasteiger partial charge >= 0.3 is 0 Å². The minimum Gasteiger partial charge on any atom is -0.326 e. The van der Waals surface area contributed by atoms with Gasteiger partial charge in [0.25, 0.3) is 0 Å². The molecule has 0 spiro atoms. The number of nitrogens with one attached hydrogen (secondary N) is 1. The van der Waals surface area contributed by atoms with Gasteiger partial charge in [0, 0.05) is 22.0 Å². The summed E-state index contributed by atoms with van der Waals surface area (Å²) in [6, 6.07) is 5.84. The highest BCUT2D eigenvalue weighted by Crippen LogP contribution is 2.22. The molecule has 0 radical (unpaired) electrons. The number of halogens is 2. The molecule has 0 fully saturated rings. The molecule has 1 atom stereocenters. The highest BCUT2D eigenvalue weighted by atomic mass is 79.9. The van der Waals surface area contributed by atoms with Crippen molar-refractivity contribution in [1.29, 1.82) is 0 Å². The van der Waals surface area contributed by atoms with E-state index in [4.69, 9.17) is 11.6 Å². The summed E-state index contributed by atoms with van der Waals surface area (Å²) in [5, 5.41) is 2.90. The van der Waals surface area contributed by atoms with Gasteiger partial charge in [-0.15, -0.1) is 11.6 Å². The Balaban J connectivity index is 2.84. The van der Waals surface area contributed by atoms with Crippen molar-refractivity contribution in [2.75, 3.05) is 11.2 Å². The van der Waals surface area contributed by atoms with Crippen LogP contribution < -0.4 is 5.32 Å². The average Bonchev–Trinajstić information content (AvgIpc) is 2.30. The summed E-state index contributed by atoms with van der Waals surface area (Å²) >= 11 is 9.06. The van der Waals surface area contributed by atoms with E-state index in [0.29, 0.717) is 5.88 Å². The molecule has 0 aliphatic carbocycles. The van der Waals surface area contributed by atoms with Crippen LogP contribution in [0.1, 0.15) is 19.4 Å². The molecule has 0 aliphatic heterocycles. The maximum atomic E-state index is 11.7. The van der Waals surface area contributed by atoms with E-state index in [9.17, 15) is 4.79 Å².